The van der Waals surface area contributed by atoms with Gasteiger partial charge in [-0.2, -0.15) is 0 Å². The third-order valence-corrected chi connectivity index (χ3v) is 4.11. The molecular formula is C16H13ClF2O5. The Morgan fingerprint density at radius 1 is 1.33 bits per heavy atom. The van der Waals surface area contributed by atoms with Gasteiger partial charge < -0.3 is 14.9 Å². The van der Waals surface area contributed by atoms with Crippen LogP contribution < -0.4 is 0 Å². The zero-order valence-corrected chi connectivity index (χ0v) is 13.2. The Morgan fingerprint density at radius 2 is 2.00 bits per heavy atom. The Bertz CT molecular complexity index is 772. The highest BCUT2D eigenvalue weighted by Gasteiger charge is 2.46. The van der Waals surface area contributed by atoms with E-state index < -0.39 is 34.9 Å². The molecule has 5 nitrogen and oxygen atoms in total. The van der Waals surface area contributed by atoms with Crippen molar-refractivity contribution in [3.63, 3.8) is 0 Å². The standard InChI is InChI=1S/C16H13ClF2O5/c1-8-4-13(16(17,15(22)23)6-11(8)14(20)21)24-7-9-2-3-10(18)5-12(9)19/h2-5H,6-7H2,1H3,(H,20,21)(H,22,23). The second-order valence-corrected chi connectivity index (χ2v) is 5.93. The summed E-state index contributed by atoms with van der Waals surface area (Å²) in [6.45, 7) is 1.10. The zero-order valence-electron chi connectivity index (χ0n) is 12.5. The molecule has 0 radical (unpaired) electrons. The van der Waals surface area contributed by atoms with Gasteiger partial charge in [0.2, 0.25) is 4.87 Å². The van der Waals surface area contributed by atoms with Crippen LogP contribution in [0.5, 0.6) is 0 Å². The third kappa shape index (κ3) is 3.41. The maximum absolute atomic E-state index is 13.6. The van der Waals surface area contributed by atoms with Gasteiger partial charge in [0, 0.05) is 23.6 Å². The second-order valence-electron chi connectivity index (χ2n) is 5.28. The SMILES string of the molecule is CC1=C(C(=O)O)CC(Cl)(C(=O)O)C(OCc2ccc(F)cc2F)=C1. The number of carboxylic acid groups (broad SMARTS) is 2. The summed E-state index contributed by atoms with van der Waals surface area (Å²) in [4.78, 5) is 20.6. The molecule has 1 aliphatic carbocycles. The zero-order chi connectivity index (χ0) is 18.1. The molecule has 0 heterocycles. The second kappa shape index (κ2) is 6.60. The summed E-state index contributed by atoms with van der Waals surface area (Å²) >= 11 is 6.07. The molecule has 2 N–H and O–H groups in total. The predicted molar refractivity (Wildman–Crippen MR) is 80.4 cm³/mol. The molecule has 0 bridgehead atoms. The first kappa shape index (κ1) is 17.9. The monoisotopic (exact) mass is 358 g/mol. The maximum Gasteiger partial charge on any atom is 0.332 e. The number of hydrogen-bond acceptors (Lipinski definition) is 3. The van der Waals surface area contributed by atoms with Crippen molar-refractivity contribution in [1.82, 2.24) is 0 Å². The number of allylic oxidation sites excluding steroid dienone is 2. The molecule has 0 fully saturated rings. The number of rotatable bonds is 5. The fourth-order valence-corrected chi connectivity index (χ4v) is 2.49. The van der Waals surface area contributed by atoms with Gasteiger partial charge in [-0.1, -0.05) is 11.6 Å². The topological polar surface area (TPSA) is 83.8 Å². The molecule has 1 aromatic carbocycles. The fraction of sp³-hybridized carbons (Fsp3) is 0.250. The molecule has 1 unspecified atom stereocenters. The molecule has 0 spiro atoms. The van der Waals surface area contributed by atoms with E-state index in [1.807, 2.05) is 0 Å². The summed E-state index contributed by atoms with van der Waals surface area (Å²) in [6.07, 6.45) is 0.721. The Balaban J connectivity index is 2.32. The molecule has 0 saturated heterocycles. The van der Waals surface area contributed by atoms with Crippen LogP contribution in [0.25, 0.3) is 0 Å². The summed E-state index contributed by atoms with van der Waals surface area (Å²) in [6, 6.07) is 2.87. The highest BCUT2D eigenvalue weighted by molar-refractivity contribution is 6.36. The Kier molecular flexibility index (Phi) is 4.94. The number of hydrogen-bond donors (Lipinski definition) is 2. The van der Waals surface area contributed by atoms with E-state index in [-0.39, 0.29) is 29.1 Å². The Labute approximate surface area is 140 Å². The van der Waals surface area contributed by atoms with Crippen LogP contribution in [0.1, 0.15) is 18.9 Å². The van der Waals surface area contributed by atoms with Crippen LogP contribution in [-0.4, -0.2) is 27.0 Å². The normalized spacial score (nSPS) is 20.6. The number of carboxylic acids is 2. The van der Waals surface area contributed by atoms with Crippen LogP contribution in [-0.2, 0) is 20.9 Å². The number of benzene rings is 1. The quantitative estimate of drug-likeness (QED) is 0.789. The van der Waals surface area contributed by atoms with Crippen molar-refractivity contribution in [2.24, 2.45) is 0 Å². The Morgan fingerprint density at radius 3 is 2.54 bits per heavy atom. The molecule has 2 rings (SSSR count). The van der Waals surface area contributed by atoms with Crippen LogP contribution in [0, 0.1) is 11.6 Å². The van der Waals surface area contributed by atoms with Crippen LogP contribution in [0.3, 0.4) is 0 Å². The molecule has 8 heteroatoms. The summed E-state index contributed by atoms with van der Waals surface area (Å²) in [5, 5.41) is 18.5. The van der Waals surface area contributed by atoms with Gasteiger partial charge in [0.05, 0.1) is 0 Å². The minimum absolute atomic E-state index is 0.00682. The fourth-order valence-electron chi connectivity index (χ4n) is 2.24. The van der Waals surface area contributed by atoms with Gasteiger partial charge >= 0.3 is 11.9 Å². The van der Waals surface area contributed by atoms with Gasteiger partial charge in [0.25, 0.3) is 0 Å². The lowest BCUT2D eigenvalue weighted by Crippen LogP contribution is -2.39. The van der Waals surface area contributed by atoms with Crippen molar-refractivity contribution in [3.05, 3.63) is 58.4 Å². The largest absolute Gasteiger partial charge is 0.491 e. The molecule has 0 aromatic heterocycles. The van der Waals surface area contributed by atoms with Crippen molar-refractivity contribution >= 4 is 23.5 Å². The maximum atomic E-state index is 13.6. The lowest BCUT2D eigenvalue weighted by atomic mass is 9.87. The first-order chi connectivity index (χ1) is 11.1. The average Bonchev–Trinajstić information content (AvgIpc) is 2.48. The summed E-state index contributed by atoms with van der Waals surface area (Å²) in [5.74, 6) is -4.57. The van der Waals surface area contributed by atoms with E-state index in [0.29, 0.717) is 6.07 Å². The summed E-state index contributed by atoms with van der Waals surface area (Å²) < 4.78 is 31.8. The summed E-state index contributed by atoms with van der Waals surface area (Å²) in [7, 11) is 0. The van der Waals surface area contributed by atoms with Crippen molar-refractivity contribution in [2.45, 2.75) is 24.8 Å². The molecule has 0 amide bonds. The number of aliphatic carboxylic acids is 2. The van der Waals surface area contributed by atoms with E-state index in [1.165, 1.54) is 13.0 Å². The molecule has 0 aliphatic heterocycles. The van der Waals surface area contributed by atoms with E-state index in [9.17, 15) is 23.5 Å². The van der Waals surface area contributed by atoms with Crippen LogP contribution >= 0.6 is 11.6 Å². The third-order valence-electron chi connectivity index (χ3n) is 3.63. The molecule has 0 saturated carbocycles. The lowest BCUT2D eigenvalue weighted by Gasteiger charge is -2.29. The first-order valence-electron chi connectivity index (χ1n) is 6.79. The van der Waals surface area contributed by atoms with Crippen molar-refractivity contribution < 1.29 is 33.3 Å². The van der Waals surface area contributed by atoms with E-state index in [2.05, 4.69) is 0 Å². The van der Waals surface area contributed by atoms with Gasteiger partial charge in [-0.15, -0.1) is 0 Å². The van der Waals surface area contributed by atoms with E-state index in [4.69, 9.17) is 21.4 Å². The lowest BCUT2D eigenvalue weighted by molar-refractivity contribution is -0.140. The number of halogens is 3. The van der Waals surface area contributed by atoms with Crippen LogP contribution in [0.2, 0.25) is 0 Å². The smallest absolute Gasteiger partial charge is 0.332 e. The number of carbonyl (C=O) groups is 2. The van der Waals surface area contributed by atoms with Crippen molar-refractivity contribution in [1.29, 1.82) is 0 Å². The first-order valence-corrected chi connectivity index (χ1v) is 7.17. The molecule has 1 aromatic rings. The van der Waals surface area contributed by atoms with E-state index >= 15 is 0 Å². The van der Waals surface area contributed by atoms with Crippen molar-refractivity contribution in [2.75, 3.05) is 0 Å². The highest BCUT2D eigenvalue weighted by atomic mass is 35.5. The molecule has 1 atom stereocenters. The van der Waals surface area contributed by atoms with Crippen LogP contribution in [0.4, 0.5) is 8.78 Å². The number of alkyl halides is 1. The predicted octanol–water partition coefficient (Wildman–Crippen LogP) is 3.23. The average molecular weight is 359 g/mol. The number of ether oxygens (including phenoxy) is 1. The highest BCUT2D eigenvalue weighted by Crippen LogP contribution is 2.39. The van der Waals surface area contributed by atoms with Crippen molar-refractivity contribution in [3.8, 4) is 0 Å². The molecule has 24 heavy (non-hydrogen) atoms. The molecule has 128 valence electrons. The van der Waals surface area contributed by atoms with Crippen LogP contribution in [0.15, 0.2) is 41.2 Å². The molecule has 1 aliphatic rings. The minimum atomic E-state index is -2.11. The molecular weight excluding hydrogens is 346 g/mol. The van der Waals surface area contributed by atoms with Gasteiger partial charge in [-0.05, 0) is 30.7 Å². The van der Waals surface area contributed by atoms with Gasteiger partial charge in [-0.25, -0.2) is 18.4 Å². The van der Waals surface area contributed by atoms with Gasteiger partial charge in [-0.3, -0.25) is 0 Å². The van der Waals surface area contributed by atoms with E-state index in [0.717, 1.165) is 12.1 Å². The van der Waals surface area contributed by atoms with E-state index in [1.54, 1.807) is 0 Å². The minimum Gasteiger partial charge on any atom is -0.491 e. The van der Waals surface area contributed by atoms with Gasteiger partial charge in [0.15, 0.2) is 0 Å². The summed E-state index contributed by atoms with van der Waals surface area (Å²) in [5.41, 5.74) is 0.148. The van der Waals surface area contributed by atoms with Gasteiger partial charge in [0.1, 0.15) is 24.0 Å². The Hall–Kier alpha value is -2.41.